The second-order valence-electron chi connectivity index (χ2n) is 4.78. The largest absolute Gasteiger partial charge is 0.352 e. The van der Waals surface area contributed by atoms with Gasteiger partial charge in [0, 0.05) is 35.5 Å². The van der Waals surface area contributed by atoms with Crippen LogP contribution in [0.5, 0.6) is 0 Å². The number of hydrogen-bond acceptors (Lipinski definition) is 5. The van der Waals surface area contributed by atoms with Gasteiger partial charge in [0.25, 0.3) is 11.6 Å². The number of benzene rings is 1. The molecule has 1 N–H and O–H groups in total. The van der Waals surface area contributed by atoms with Gasteiger partial charge in [-0.2, -0.15) is 0 Å². The Morgan fingerprint density at radius 2 is 2.23 bits per heavy atom. The molecule has 1 amide bonds. The number of carbonyl (C=O) groups excluding carboxylic acids is 1. The summed E-state index contributed by atoms with van der Waals surface area (Å²) in [5.41, 5.74) is 1.31. The highest BCUT2D eigenvalue weighted by atomic mass is 32.1. The minimum absolute atomic E-state index is 0.0872. The van der Waals surface area contributed by atoms with Crippen molar-refractivity contribution in [2.75, 3.05) is 6.54 Å². The molecule has 116 valence electrons. The first-order valence-electron chi connectivity index (χ1n) is 6.99. The number of non-ortho nitro benzene ring substituents is 1. The van der Waals surface area contributed by atoms with E-state index in [1.54, 1.807) is 17.4 Å². The number of aryl methyl sites for hydroxylation is 2. The van der Waals surface area contributed by atoms with Gasteiger partial charge in [0.1, 0.15) is 0 Å². The van der Waals surface area contributed by atoms with Gasteiger partial charge in [-0.1, -0.05) is 13.0 Å². The third kappa shape index (κ3) is 3.88. The maximum absolute atomic E-state index is 12.0. The zero-order valence-electron chi connectivity index (χ0n) is 12.5. The molecule has 0 radical (unpaired) electrons. The first-order chi connectivity index (χ1) is 10.5. The number of carbonyl (C=O) groups is 1. The Morgan fingerprint density at radius 1 is 1.45 bits per heavy atom. The zero-order chi connectivity index (χ0) is 16.1. The second-order valence-corrected chi connectivity index (χ2v) is 6.07. The molecular formula is C15H17N3O3S. The van der Waals surface area contributed by atoms with Crippen LogP contribution in [0.4, 0.5) is 5.69 Å². The van der Waals surface area contributed by atoms with E-state index in [9.17, 15) is 14.9 Å². The van der Waals surface area contributed by atoms with Crippen molar-refractivity contribution in [1.29, 1.82) is 0 Å². The van der Waals surface area contributed by atoms with Crippen molar-refractivity contribution in [2.24, 2.45) is 0 Å². The van der Waals surface area contributed by atoms with Crippen molar-refractivity contribution >= 4 is 22.9 Å². The average molecular weight is 319 g/mol. The first-order valence-corrected chi connectivity index (χ1v) is 7.80. The lowest BCUT2D eigenvalue weighted by molar-refractivity contribution is -0.384. The molecule has 1 heterocycles. The smallest absolute Gasteiger partial charge is 0.270 e. The fraction of sp³-hybridized carbons (Fsp3) is 0.333. The predicted molar refractivity (Wildman–Crippen MR) is 85.4 cm³/mol. The van der Waals surface area contributed by atoms with Crippen LogP contribution in [0.3, 0.4) is 0 Å². The molecule has 1 aromatic carbocycles. The van der Waals surface area contributed by atoms with Crippen molar-refractivity contribution < 1.29 is 9.72 Å². The lowest BCUT2D eigenvalue weighted by Crippen LogP contribution is -2.25. The van der Waals surface area contributed by atoms with Gasteiger partial charge >= 0.3 is 0 Å². The topological polar surface area (TPSA) is 85.1 Å². The molecule has 0 aliphatic heterocycles. The van der Waals surface area contributed by atoms with E-state index in [-0.39, 0.29) is 11.6 Å². The van der Waals surface area contributed by atoms with Crippen molar-refractivity contribution in [1.82, 2.24) is 10.3 Å². The van der Waals surface area contributed by atoms with E-state index in [0.29, 0.717) is 18.5 Å². The van der Waals surface area contributed by atoms with E-state index in [2.05, 4.69) is 17.2 Å². The molecule has 0 saturated heterocycles. The van der Waals surface area contributed by atoms with Gasteiger partial charge in [-0.25, -0.2) is 4.98 Å². The molecule has 0 bridgehead atoms. The zero-order valence-corrected chi connectivity index (χ0v) is 13.3. The third-order valence-electron chi connectivity index (χ3n) is 3.22. The first kappa shape index (κ1) is 16.1. The van der Waals surface area contributed by atoms with Gasteiger partial charge in [0.15, 0.2) is 0 Å². The molecule has 0 saturated carbocycles. The monoisotopic (exact) mass is 319 g/mol. The number of nitro benzene ring substituents is 1. The normalized spacial score (nSPS) is 10.5. The SMILES string of the molecule is CCc1nc(CCNC(=O)c2cccc([N+](=O)[O-])c2)sc1C. The molecule has 0 unspecified atom stereocenters. The fourth-order valence-corrected chi connectivity index (χ4v) is 3.09. The van der Waals surface area contributed by atoms with E-state index in [4.69, 9.17) is 0 Å². The highest BCUT2D eigenvalue weighted by Crippen LogP contribution is 2.18. The number of nitrogens with zero attached hydrogens (tertiary/aromatic N) is 2. The molecule has 22 heavy (non-hydrogen) atoms. The number of amides is 1. The molecule has 0 aliphatic rings. The molecule has 0 fully saturated rings. The van der Waals surface area contributed by atoms with Crippen molar-refractivity contribution in [3.8, 4) is 0 Å². The molecule has 2 rings (SSSR count). The maximum Gasteiger partial charge on any atom is 0.270 e. The molecule has 1 aromatic heterocycles. The van der Waals surface area contributed by atoms with Crippen molar-refractivity contribution in [3.05, 3.63) is 55.5 Å². The van der Waals surface area contributed by atoms with Gasteiger partial charge in [0.05, 0.1) is 15.6 Å². The van der Waals surface area contributed by atoms with E-state index in [0.717, 1.165) is 17.1 Å². The van der Waals surface area contributed by atoms with Crippen LogP contribution in [0.15, 0.2) is 24.3 Å². The molecule has 7 heteroatoms. The standard InChI is InChI=1S/C15H17N3O3S/c1-3-13-10(2)22-14(17-13)7-8-16-15(19)11-5-4-6-12(9-11)18(20)21/h4-6,9H,3,7-8H2,1-2H3,(H,16,19). The lowest BCUT2D eigenvalue weighted by Gasteiger charge is -2.03. The van der Waals surface area contributed by atoms with Crippen LogP contribution in [0.1, 0.15) is 32.9 Å². The van der Waals surface area contributed by atoms with E-state index in [1.165, 1.54) is 23.1 Å². The van der Waals surface area contributed by atoms with Gasteiger partial charge in [-0.05, 0) is 19.4 Å². The van der Waals surface area contributed by atoms with Gasteiger partial charge in [-0.15, -0.1) is 11.3 Å². The van der Waals surface area contributed by atoms with Crippen LogP contribution in [0, 0.1) is 17.0 Å². The molecule has 0 spiro atoms. The van der Waals surface area contributed by atoms with Crippen LogP contribution in [0.2, 0.25) is 0 Å². The Hall–Kier alpha value is -2.28. The van der Waals surface area contributed by atoms with Crippen LogP contribution in [-0.4, -0.2) is 22.4 Å². The maximum atomic E-state index is 12.0. The van der Waals surface area contributed by atoms with Gasteiger partial charge < -0.3 is 5.32 Å². The summed E-state index contributed by atoms with van der Waals surface area (Å²) in [7, 11) is 0. The average Bonchev–Trinajstić information content (AvgIpc) is 2.87. The summed E-state index contributed by atoms with van der Waals surface area (Å²) in [6, 6.07) is 5.70. The minimum atomic E-state index is -0.512. The third-order valence-corrected chi connectivity index (χ3v) is 4.29. The van der Waals surface area contributed by atoms with Crippen LogP contribution in [0.25, 0.3) is 0 Å². The summed E-state index contributed by atoms with van der Waals surface area (Å²) in [4.78, 5) is 27.9. The number of nitrogens with one attached hydrogen (secondary N) is 1. The fourth-order valence-electron chi connectivity index (χ4n) is 2.07. The molecule has 0 atom stereocenters. The quantitative estimate of drug-likeness (QED) is 0.655. The van der Waals surface area contributed by atoms with Crippen molar-refractivity contribution in [2.45, 2.75) is 26.7 Å². The minimum Gasteiger partial charge on any atom is -0.352 e. The van der Waals surface area contributed by atoms with Crippen LogP contribution < -0.4 is 5.32 Å². The Kier molecular flexibility index (Phi) is 5.21. The summed E-state index contributed by atoms with van der Waals surface area (Å²) >= 11 is 1.64. The summed E-state index contributed by atoms with van der Waals surface area (Å²) in [6.07, 6.45) is 1.56. The highest BCUT2D eigenvalue weighted by molar-refractivity contribution is 7.11. The number of aromatic nitrogens is 1. The van der Waals surface area contributed by atoms with Crippen molar-refractivity contribution in [3.63, 3.8) is 0 Å². The molecule has 2 aromatic rings. The highest BCUT2D eigenvalue weighted by Gasteiger charge is 2.11. The summed E-state index contributed by atoms with van der Waals surface area (Å²) < 4.78 is 0. The van der Waals surface area contributed by atoms with Gasteiger partial charge in [0.2, 0.25) is 0 Å². The Morgan fingerprint density at radius 3 is 2.86 bits per heavy atom. The second kappa shape index (κ2) is 7.13. The van der Waals surface area contributed by atoms with E-state index >= 15 is 0 Å². The number of thiazole rings is 1. The Bertz CT molecular complexity index is 697. The Balaban J connectivity index is 1.92. The summed E-state index contributed by atoms with van der Waals surface area (Å²) in [6.45, 7) is 4.56. The molecular weight excluding hydrogens is 302 g/mol. The van der Waals surface area contributed by atoms with Gasteiger partial charge in [-0.3, -0.25) is 14.9 Å². The summed E-state index contributed by atoms with van der Waals surface area (Å²) in [5, 5.41) is 14.5. The lowest BCUT2D eigenvalue weighted by atomic mass is 10.2. The Labute approximate surface area is 132 Å². The van der Waals surface area contributed by atoms with E-state index in [1.807, 2.05) is 6.92 Å². The van der Waals surface area contributed by atoms with Crippen LogP contribution >= 0.6 is 11.3 Å². The number of hydrogen-bond donors (Lipinski definition) is 1. The number of nitro groups is 1. The molecule has 0 aliphatic carbocycles. The predicted octanol–water partition coefficient (Wildman–Crippen LogP) is 2.89. The van der Waals surface area contributed by atoms with Crippen LogP contribution in [-0.2, 0) is 12.8 Å². The molecule has 6 nitrogen and oxygen atoms in total. The summed E-state index contributed by atoms with van der Waals surface area (Å²) in [5.74, 6) is -0.312. The number of rotatable bonds is 6. The van der Waals surface area contributed by atoms with E-state index < -0.39 is 4.92 Å².